The first-order valence-corrected chi connectivity index (χ1v) is 7.86. The smallest absolute Gasteiger partial charge is 0.257 e. The molecule has 0 unspecified atom stereocenters. The van der Waals surface area contributed by atoms with Crippen LogP contribution in [0, 0.1) is 11.3 Å². The summed E-state index contributed by atoms with van der Waals surface area (Å²) in [6.07, 6.45) is 3.12. The van der Waals surface area contributed by atoms with Gasteiger partial charge in [-0.05, 0) is 42.5 Å². The highest BCUT2D eigenvalue weighted by Gasteiger charge is 2.09. The number of aromatic nitrogens is 1. The maximum atomic E-state index is 12.4. The molecule has 0 fully saturated rings. The number of nitriles is 1. The second-order valence-corrected chi connectivity index (χ2v) is 5.43. The van der Waals surface area contributed by atoms with Crippen LogP contribution in [0.2, 0.25) is 0 Å². The third-order valence-electron chi connectivity index (χ3n) is 3.66. The molecule has 2 N–H and O–H groups in total. The van der Waals surface area contributed by atoms with Crippen LogP contribution in [0.4, 0.5) is 17.1 Å². The number of carbonyl (C=O) groups excluding carboxylic acids is 1. The maximum absolute atomic E-state index is 12.4. The highest BCUT2D eigenvalue weighted by molar-refractivity contribution is 6.04. The Morgan fingerprint density at radius 3 is 2.58 bits per heavy atom. The van der Waals surface area contributed by atoms with Crippen LogP contribution < -0.4 is 15.4 Å². The van der Waals surface area contributed by atoms with Gasteiger partial charge in [0.2, 0.25) is 0 Å². The van der Waals surface area contributed by atoms with Crippen molar-refractivity contribution in [1.29, 1.82) is 5.26 Å². The zero-order chi connectivity index (χ0) is 18.4. The standard InChI is InChI=1S/C20H16N4O2/c1-26-19-5-3-2-4-18(19)23-17-10-15(12-22-13-17)20(25)24-16-8-6-14(11-21)7-9-16/h2-10,12-13,23H,1H3,(H,24,25). The summed E-state index contributed by atoms with van der Waals surface area (Å²) >= 11 is 0. The molecule has 1 heterocycles. The van der Waals surface area contributed by atoms with Crippen LogP contribution in [0.5, 0.6) is 5.75 Å². The van der Waals surface area contributed by atoms with Gasteiger partial charge in [-0.25, -0.2) is 0 Å². The number of nitrogens with one attached hydrogen (secondary N) is 2. The zero-order valence-corrected chi connectivity index (χ0v) is 14.1. The average Bonchev–Trinajstić information content (AvgIpc) is 2.69. The van der Waals surface area contributed by atoms with Crippen molar-refractivity contribution in [3.8, 4) is 11.8 Å². The molecule has 0 spiro atoms. The van der Waals surface area contributed by atoms with Crippen LogP contribution in [0.3, 0.4) is 0 Å². The molecule has 1 aromatic heterocycles. The fraction of sp³-hybridized carbons (Fsp3) is 0.0500. The molecule has 0 aliphatic rings. The van der Waals surface area contributed by atoms with E-state index in [2.05, 4.69) is 15.6 Å². The molecule has 3 aromatic rings. The Kier molecular flexibility index (Phi) is 5.11. The second kappa shape index (κ2) is 7.81. The van der Waals surface area contributed by atoms with E-state index in [9.17, 15) is 4.79 Å². The summed E-state index contributed by atoms with van der Waals surface area (Å²) in [6, 6.07) is 17.9. The molecule has 6 heteroatoms. The topological polar surface area (TPSA) is 87.0 Å². The molecule has 3 rings (SSSR count). The minimum atomic E-state index is -0.286. The van der Waals surface area contributed by atoms with Crippen LogP contribution in [0.15, 0.2) is 67.0 Å². The van der Waals surface area contributed by atoms with Gasteiger partial charge in [0, 0.05) is 11.9 Å². The number of amides is 1. The molecule has 2 aromatic carbocycles. The third-order valence-corrected chi connectivity index (χ3v) is 3.66. The number of ether oxygens (including phenoxy) is 1. The molecule has 0 radical (unpaired) electrons. The van der Waals surface area contributed by atoms with Gasteiger partial charge in [-0.3, -0.25) is 9.78 Å². The summed E-state index contributed by atoms with van der Waals surface area (Å²) in [5, 5.41) is 14.8. The summed E-state index contributed by atoms with van der Waals surface area (Å²) in [6.45, 7) is 0. The Labute approximate surface area is 151 Å². The first kappa shape index (κ1) is 17.0. The molecule has 0 saturated heterocycles. The molecular weight excluding hydrogens is 328 g/mol. The number of hydrogen-bond donors (Lipinski definition) is 2. The number of carbonyl (C=O) groups is 1. The van der Waals surface area contributed by atoms with Crippen molar-refractivity contribution in [2.24, 2.45) is 0 Å². The van der Waals surface area contributed by atoms with E-state index >= 15 is 0 Å². The Morgan fingerprint density at radius 1 is 1.08 bits per heavy atom. The Bertz CT molecular complexity index is 962. The van der Waals surface area contributed by atoms with E-state index in [1.54, 1.807) is 43.6 Å². The number of pyridine rings is 1. The van der Waals surface area contributed by atoms with Gasteiger partial charge >= 0.3 is 0 Å². The van der Waals surface area contributed by atoms with Gasteiger partial charge in [-0.15, -0.1) is 0 Å². The lowest BCUT2D eigenvalue weighted by Gasteiger charge is -2.11. The number of rotatable bonds is 5. The van der Waals surface area contributed by atoms with Crippen molar-refractivity contribution in [2.45, 2.75) is 0 Å². The molecule has 6 nitrogen and oxygen atoms in total. The molecule has 128 valence electrons. The predicted molar refractivity (Wildman–Crippen MR) is 99.6 cm³/mol. The van der Waals surface area contributed by atoms with Crippen molar-refractivity contribution in [3.05, 3.63) is 78.1 Å². The van der Waals surface area contributed by atoms with E-state index in [1.807, 2.05) is 30.3 Å². The predicted octanol–water partition coefficient (Wildman–Crippen LogP) is 3.96. The van der Waals surface area contributed by atoms with Gasteiger partial charge in [-0.2, -0.15) is 5.26 Å². The molecule has 0 aliphatic heterocycles. The van der Waals surface area contributed by atoms with E-state index in [4.69, 9.17) is 10.00 Å². The van der Waals surface area contributed by atoms with E-state index in [0.29, 0.717) is 28.3 Å². The lowest BCUT2D eigenvalue weighted by atomic mass is 10.2. The summed E-state index contributed by atoms with van der Waals surface area (Å²) in [5.41, 5.74) is 3.00. The minimum absolute atomic E-state index is 0.286. The van der Waals surface area contributed by atoms with Gasteiger partial charge < -0.3 is 15.4 Å². The monoisotopic (exact) mass is 344 g/mol. The molecular formula is C20H16N4O2. The van der Waals surface area contributed by atoms with Gasteiger partial charge in [-0.1, -0.05) is 12.1 Å². The Balaban J connectivity index is 1.75. The molecule has 0 saturated carbocycles. The van der Waals surface area contributed by atoms with Crippen molar-refractivity contribution >= 4 is 23.0 Å². The molecule has 0 atom stereocenters. The number of benzene rings is 2. The molecule has 26 heavy (non-hydrogen) atoms. The maximum Gasteiger partial charge on any atom is 0.257 e. The molecule has 0 bridgehead atoms. The average molecular weight is 344 g/mol. The molecule has 0 aliphatic carbocycles. The fourth-order valence-corrected chi connectivity index (χ4v) is 2.37. The van der Waals surface area contributed by atoms with E-state index in [-0.39, 0.29) is 5.91 Å². The number of methoxy groups -OCH3 is 1. The van der Waals surface area contributed by atoms with E-state index in [1.165, 1.54) is 6.20 Å². The summed E-state index contributed by atoms with van der Waals surface area (Å²) in [5.74, 6) is 0.408. The quantitative estimate of drug-likeness (QED) is 0.731. The largest absolute Gasteiger partial charge is 0.495 e. The Hall–Kier alpha value is -3.85. The fourth-order valence-electron chi connectivity index (χ4n) is 2.37. The van der Waals surface area contributed by atoms with Gasteiger partial charge in [0.25, 0.3) is 5.91 Å². The first-order chi connectivity index (χ1) is 12.7. The summed E-state index contributed by atoms with van der Waals surface area (Å²) in [4.78, 5) is 16.5. The van der Waals surface area contributed by atoms with Crippen LogP contribution in [0.1, 0.15) is 15.9 Å². The van der Waals surface area contributed by atoms with Gasteiger partial charge in [0.1, 0.15) is 5.75 Å². The van der Waals surface area contributed by atoms with E-state index in [0.717, 1.165) is 5.69 Å². The van der Waals surface area contributed by atoms with Gasteiger partial charge in [0.05, 0.1) is 41.9 Å². The van der Waals surface area contributed by atoms with E-state index < -0.39 is 0 Å². The lowest BCUT2D eigenvalue weighted by molar-refractivity contribution is 0.102. The van der Waals surface area contributed by atoms with Gasteiger partial charge in [0.15, 0.2) is 0 Å². The van der Waals surface area contributed by atoms with Crippen LogP contribution in [-0.4, -0.2) is 18.0 Å². The number of hydrogen-bond acceptors (Lipinski definition) is 5. The summed E-state index contributed by atoms with van der Waals surface area (Å²) < 4.78 is 5.31. The third kappa shape index (κ3) is 3.97. The number of anilines is 3. The van der Waals surface area contributed by atoms with Crippen molar-refractivity contribution < 1.29 is 9.53 Å². The normalized spacial score (nSPS) is 9.85. The van der Waals surface area contributed by atoms with Crippen LogP contribution in [0.25, 0.3) is 0 Å². The van der Waals surface area contributed by atoms with Crippen LogP contribution in [-0.2, 0) is 0 Å². The zero-order valence-electron chi connectivity index (χ0n) is 14.1. The molecule has 1 amide bonds. The SMILES string of the molecule is COc1ccccc1Nc1cncc(C(=O)Nc2ccc(C#N)cc2)c1. The second-order valence-electron chi connectivity index (χ2n) is 5.43. The highest BCUT2D eigenvalue weighted by Crippen LogP contribution is 2.27. The minimum Gasteiger partial charge on any atom is -0.495 e. The number of nitrogens with zero attached hydrogens (tertiary/aromatic N) is 2. The van der Waals surface area contributed by atoms with Crippen molar-refractivity contribution in [1.82, 2.24) is 4.98 Å². The first-order valence-electron chi connectivity index (χ1n) is 7.86. The Morgan fingerprint density at radius 2 is 1.85 bits per heavy atom. The highest BCUT2D eigenvalue weighted by atomic mass is 16.5. The summed E-state index contributed by atoms with van der Waals surface area (Å²) in [7, 11) is 1.60. The lowest BCUT2D eigenvalue weighted by Crippen LogP contribution is -2.12. The van der Waals surface area contributed by atoms with Crippen molar-refractivity contribution in [2.75, 3.05) is 17.7 Å². The van der Waals surface area contributed by atoms with Crippen molar-refractivity contribution in [3.63, 3.8) is 0 Å². The van der Waals surface area contributed by atoms with Crippen LogP contribution >= 0.6 is 0 Å². The number of para-hydroxylation sites is 2.